The Labute approximate surface area is 122 Å². The summed E-state index contributed by atoms with van der Waals surface area (Å²) in [5, 5.41) is 14.0. The van der Waals surface area contributed by atoms with Gasteiger partial charge in [-0.15, -0.1) is 0 Å². The molecule has 0 bridgehead atoms. The van der Waals surface area contributed by atoms with Crippen LogP contribution in [0.15, 0.2) is 40.8 Å². The molecule has 0 fully saturated rings. The normalized spacial score (nSPS) is 12.1. The highest BCUT2D eigenvalue weighted by Crippen LogP contribution is 2.27. The maximum Gasteiger partial charge on any atom is 0.433 e. The van der Waals surface area contributed by atoms with Gasteiger partial charge >= 0.3 is 5.88 Å². The molecule has 112 valence electrons. The van der Waals surface area contributed by atoms with Crippen molar-refractivity contribution >= 4 is 5.88 Å². The first-order chi connectivity index (χ1) is 10.2. The van der Waals surface area contributed by atoms with E-state index in [4.69, 9.17) is 9.15 Å². The minimum absolute atomic E-state index is 0.139. The van der Waals surface area contributed by atoms with Gasteiger partial charge in [-0.25, -0.2) is 0 Å². The Hall–Kier alpha value is -2.34. The fourth-order valence-electron chi connectivity index (χ4n) is 2.24. The Balaban J connectivity index is 2.24. The standard InChI is InChI=1S/C15H18N2O4/c1-3-16-12(14-8-9-15(21-14)17(18)19)10-11-6-4-5-7-13(11)20-2/h4-9,12,16H,3,10H2,1-2H3. The van der Waals surface area contributed by atoms with E-state index in [0.717, 1.165) is 17.9 Å². The third-order valence-corrected chi connectivity index (χ3v) is 3.20. The molecule has 0 aliphatic carbocycles. The third-order valence-electron chi connectivity index (χ3n) is 3.20. The average Bonchev–Trinajstić information content (AvgIpc) is 2.97. The molecule has 0 amide bonds. The lowest BCUT2D eigenvalue weighted by molar-refractivity contribution is -0.402. The van der Waals surface area contributed by atoms with Crippen molar-refractivity contribution < 1.29 is 14.1 Å². The number of nitro groups is 1. The number of para-hydroxylation sites is 1. The van der Waals surface area contributed by atoms with Crippen molar-refractivity contribution in [2.45, 2.75) is 19.4 Å². The molecule has 0 saturated carbocycles. The van der Waals surface area contributed by atoms with Crippen LogP contribution < -0.4 is 10.1 Å². The van der Waals surface area contributed by atoms with E-state index in [1.807, 2.05) is 31.2 Å². The van der Waals surface area contributed by atoms with E-state index in [2.05, 4.69) is 5.32 Å². The zero-order valence-corrected chi connectivity index (χ0v) is 12.0. The molecule has 6 heteroatoms. The molecular weight excluding hydrogens is 272 g/mol. The van der Waals surface area contributed by atoms with Crippen molar-refractivity contribution in [3.05, 3.63) is 57.8 Å². The molecule has 0 spiro atoms. The highest BCUT2D eigenvalue weighted by atomic mass is 16.6. The Morgan fingerprint density at radius 1 is 1.33 bits per heavy atom. The van der Waals surface area contributed by atoms with Crippen molar-refractivity contribution in [1.29, 1.82) is 0 Å². The van der Waals surface area contributed by atoms with Gasteiger partial charge in [0, 0.05) is 0 Å². The lowest BCUT2D eigenvalue weighted by Crippen LogP contribution is -2.22. The van der Waals surface area contributed by atoms with Gasteiger partial charge in [-0.2, -0.15) is 0 Å². The predicted octanol–water partition coefficient (Wildman–Crippen LogP) is 3.09. The van der Waals surface area contributed by atoms with Crippen molar-refractivity contribution in [3.8, 4) is 5.75 Å². The molecule has 1 N–H and O–H groups in total. The Kier molecular flexibility index (Phi) is 4.94. The number of furan rings is 1. The molecule has 0 aliphatic rings. The molecule has 2 rings (SSSR count). The maximum absolute atomic E-state index is 10.7. The van der Waals surface area contributed by atoms with Crippen LogP contribution >= 0.6 is 0 Å². The van der Waals surface area contributed by atoms with Crippen molar-refractivity contribution in [2.75, 3.05) is 13.7 Å². The van der Waals surface area contributed by atoms with E-state index in [0.29, 0.717) is 12.2 Å². The summed E-state index contributed by atoms with van der Waals surface area (Å²) in [6.45, 7) is 2.71. The van der Waals surface area contributed by atoms with Gasteiger partial charge in [0.1, 0.15) is 16.4 Å². The summed E-state index contributed by atoms with van der Waals surface area (Å²) in [6, 6.07) is 10.6. The van der Waals surface area contributed by atoms with E-state index < -0.39 is 4.92 Å². The minimum Gasteiger partial charge on any atom is -0.496 e. The Morgan fingerprint density at radius 2 is 2.10 bits per heavy atom. The fourth-order valence-corrected chi connectivity index (χ4v) is 2.24. The highest BCUT2D eigenvalue weighted by molar-refractivity contribution is 5.34. The van der Waals surface area contributed by atoms with Gasteiger partial charge < -0.3 is 14.5 Å². The second kappa shape index (κ2) is 6.90. The number of nitrogens with zero attached hydrogens (tertiary/aromatic N) is 1. The minimum atomic E-state index is -0.532. The van der Waals surface area contributed by atoms with Gasteiger partial charge in [-0.05, 0) is 30.7 Å². The first-order valence-electron chi connectivity index (χ1n) is 6.75. The number of hydrogen-bond donors (Lipinski definition) is 1. The van der Waals surface area contributed by atoms with Crippen LogP contribution in [0.4, 0.5) is 5.88 Å². The van der Waals surface area contributed by atoms with Crippen LogP contribution in [0.1, 0.15) is 24.3 Å². The van der Waals surface area contributed by atoms with Crippen LogP contribution in [0.2, 0.25) is 0 Å². The molecular formula is C15H18N2O4. The van der Waals surface area contributed by atoms with E-state index in [-0.39, 0.29) is 11.9 Å². The van der Waals surface area contributed by atoms with Crippen LogP contribution in [0, 0.1) is 10.1 Å². The second-order valence-electron chi connectivity index (χ2n) is 4.56. The largest absolute Gasteiger partial charge is 0.496 e. The number of nitrogens with one attached hydrogen (secondary N) is 1. The zero-order valence-electron chi connectivity index (χ0n) is 12.0. The molecule has 1 aromatic heterocycles. The van der Waals surface area contributed by atoms with Crippen LogP contribution in [0.25, 0.3) is 0 Å². The molecule has 1 atom stereocenters. The topological polar surface area (TPSA) is 77.5 Å². The molecule has 21 heavy (non-hydrogen) atoms. The summed E-state index contributed by atoms with van der Waals surface area (Å²) >= 11 is 0. The predicted molar refractivity (Wildman–Crippen MR) is 78.5 cm³/mol. The number of methoxy groups -OCH3 is 1. The maximum atomic E-state index is 10.7. The van der Waals surface area contributed by atoms with E-state index in [9.17, 15) is 10.1 Å². The van der Waals surface area contributed by atoms with Gasteiger partial charge in [-0.3, -0.25) is 10.1 Å². The van der Waals surface area contributed by atoms with Crippen molar-refractivity contribution in [1.82, 2.24) is 5.32 Å². The highest BCUT2D eigenvalue weighted by Gasteiger charge is 2.20. The summed E-state index contributed by atoms with van der Waals surface area (Å²) in [6.07, 6.45) is 0.628. The summed E-state index contributed by atoms with van der Waals surface area (Å²) < 4.78 is 10.6. The van der Waals surface area contributed by atoms with Crippen LogP contribution in [0.3, 0.4) is 0 Å². The quantitative estimate of drug-likeness (QED) is 0.626. The summed E-state index contributed by atoms with van der Waals surface area (Å²) in [4.78, 5) is 10.2. The zero-order chi connectivity index (χ0) is 15.2. The molecule has 0 aliphatic heterocycles. The number of hydrogen-bond acceptors (Lipinski definition) is 5. The van der Waals surface area contributed by atoms with Gasteiger partial charge in [-0.1, -0.05) is 25.1 Å². The van der Waals surface area contributed by atoms with Gasteiger partial charge in [0.05, 0.1) is 19.2 Å². The van der Waals surface area contributed by atoms with Gasteiger partial charge in [0.15, 0.2) is 0 Å². The summed E-state index contributed by atoms with van der Waals surface area (Å²) in [5.74, 6) is 1.10. The Bertz CT molecular complexity index is 609. The van der Waals surface area contributed by atoms with E-state index in [1.165, 1.54) is 6.07 Å². The number of likely N-dealkylation sites (N-methyl/N-ethyl adjacent to an activating group) is 1. The number of benzene rings is 1. The van der Waals surface area contributed by atoms with Crippen molar-refractivity contribution in [2.24, 2.45) is 0 Å². The molecule has 1 unspecified atom stereocenters. The van der Waals surface area contributed by atoms with Crippen LogP contribution in [-0.4, -0.2) is 18.6 Å². The van der Waals surface area contributed by atoms with E-state index >= 15 is 0 Å². The lowest BCUT2D eigenvalue weighted by Gasteiger charge is -2.17. The molecule has 0 saturated heterocycles. The summed E-state index contributed by atoms with van der Waals surface area (Å²) in [5.41, 5.74) is 1.02. The third kappa shape index (κ3) is 3.61. The SMILES string of the molecule is CCNC(Cc1ccccc1OC)c1ccc([N+](=O)[O-])o1. The van der Waals surface area contributed by atoms with Gasteiger partial charge in [0.25, 0.3) is 0 Å². The lowest BCUT2D eigenvalue weighted by atomic mass is 10.0. The first kappa shape index (κ1) is 15.1. The van der Waals surface area contributed by atoms with Gasteiger partial charge in [0.2, 0.25) is 0 Å². The molecule has 2 aromatic rings. The number of rotatable bonds is 7. The monoisotopic (exact) mass is 290 g/mol. The summed E-state index contributed by atoms with van der Waals surface area (Å²) in [7, 11) is 1.62. The molecule has 1 heterocycles. The first-order valence-corrected chi connectivity index (χ1v) is 6.75. The smallest absolute Gasteiger partial charge is 0.433 e. The molecule has 1 aromatic carbocycles. The van der Waals surface area contributed by atoms with E-state index in [1.54, 1.807) is 13.2 Å². The number of ether oxygens (including phenoxy) is 1. The fraction of sp³-hybridized carbons (Fsp3) is 0.333. The molecule has 0 radical (unpaired) electrons. The average molecular weight is 290 g/mol. The second-order valence-corrected chi connectivity index (χ2v) is 4.56. The molecule has 6 nitrogen and oxygen atoms in total. The Morgan fingerprint density at radius 3 is 2.71 bits per heavy atom. The van der Waals surface area contributed by atoms with Crippen LogP contribution in [-0.2, 0) is 6.42 Å². The van der Waals surface area contributed by atoms with Crippen molar-refractivity contribution in [3.63, 3.8) is 0 Å². The van der Waals surface area contributed by atoms with Crippen LogP contribution in [0.5, 0.6) is 5.75 Å².